The Morgan fingerprint density at radius 2 is 1.85 bits per heavy atom. The number of aliphatic hydroxyl groups is 1. The molecule has 1 amide bonds. The number of rotatable bonds is 6. The zero-order valence-electron chi connectivity index (χ0n) is 15.6. The van der Waals surface area contributed by atoms with E-state index < -0.39 is 0 Å². The van der Waals surface area contributed by atoms with Crippen LogP contribution in [0.3, 0.4) is 0 Å². The third kappa shape index (κ3) is 3.76. The summed E-state index contributed by atoms with van der Waals surface area (Å²) < 4.78 is 0. The Labute approximate surface area is 159 Å². The van der Waals surface area contributed by atoms with Crippen LogP contribution in [-0.4, -0.2) is 40.6 Å². The minimum atomic E-state index is -0.0255. The first kappa shape index (κ1) is 17.8. The van der Waals surface area contributed by atoms with Crippen LogP contribution in [0.25, 0.3) is 10.9 Å². The number of H-pyrrole nitrogens is 1. The lowest BCUT2D eigenvalue weighted by Gasteiger charge is -2.22. The number of benzene rings is 2. The Hall–Kier alpha value is -2.59. The topological polar surface area (TPSA) is 56.3 Å². The van der Waals surface area contributed by atoms with E-state index in [0.29, 0.717) is 18.7 Å². The summed E-state index contributed by atoms with van der Waals surface area (Å²) >= 11 is 0. The molecule has 0 aliphatic heterocycles. The van der Waals surface area contributed by atoms with Gasteiger partial charge in [-0.2, -0.15) is 0 Å². The zero-order chi connectivity index (χ0) is 18.6. The van der Waals surface area contributed by atoms with Gasteiger partial charge in [0, 0.05) is 35.2 Å². The van der Waals surface area contributed by atoms with Crippen LogP contribution in [0.5, 0.6) is 0 Å². The average Bonchev–Trinajstić information content (AvgIpc) is 3.09. The number of nitrogens with one attached hydrogen (secondary N) is 1. The lowest BCUT2D eigenvalue weighted by Crippen LogP contribution is -2.35. The molecule has 27 heavy (non-hydrogen) atoms. The van der Waals surface area contributed by atoms with E-state index >= 15 is 0 Å². The second-order valence-corrected chi connectivity index (χ2v) is 7.30. The fraction of sp³-hybridized carbons (Fsp3) is 0.348. The molecule has 1 aromatic heterocycles. The van der Waals surface area contributed by atoms with Crippen LogP contribution in [0.15, 0.2) is 48.5 Å². The number of aromatic amines is 1. The fourth-order valence-electron chi connectivity index (χ4n) is 4.07. The minimum Gasteiger partial charge on any atom is -0.395 e. The molecule has 0 radical (unpaired) electrons. The van der Waals surface area contributed by atoms with Gasteiger partial charge in [0.15, 0.2) is 0 Å². The van der Waals surface area contributed by atoms with Gasteiger partial charge in [0.05, 0.1) is 6.61 Å². The van der Waals surface area contributed by atoms with E-state index in [1.165, 1.54) is 35.0 Å². The number of aryl methyl sites for hydroxylation is 2. The molecule has 4 nitrogen and oxygen atoms in total. The normalized spacial score (nSPS) is 13.5. The van der Waals surface area contributed by atoms with Crippen LogP contribution in [0.4, 0.5) is 0 Å². The van der Waals surface area contributed by atoms with Gasteiger partial charge in [-0.1, -0.05) is 30.3 Å². The second kappa shape index (κ2) is 7.97. The number of fused-ring (bicyclic) bond motifs is 3. The molecule has 1 heterocycles. The highest BCUT2D eigenvalue weighted by Crippen LogP contribution is 2.30. The summed E-state index contributed by atoms with van der Waals surface area (Å²) in [7, 11) is 0. The third-order valence-corrected chi connectivity index (χ3v) is 5.52. The number of nitrogens with zero attached hydrogens (tertiary/aromatic N) is 1. The second-order valence-electron chi connectivity index (χ2n) is 7.30. The van der Waals surface area contributed by atoms with Crippen LogP contribution in [0.1, 0.15) is 40.0 Å². The molecule has 0 bridgehead atoms. The number of carbonyl (C=O) groups is 1. The van der Waals surface area contributed by atoms with Crippen molar-refractivity contribution in [2.45, 2.75) is 32.1 Å². The van der Waals surface area contributed by atoms with Crippen molar-refractivity contribution in [2.24, 2.45) is 0 Å². The summed E-state index contributed by atoms with van der Waals surface area (Å²) in [5.41, 5.74) is 5.73. The molecule has 4 heteroatoms. The lowest BCUT2D eigenvalue weighted by atomic mass is 9.95. The van der Waals surface area contributed by atoms with Crippen molar-refractivity contribution in [3.8, 4) is 0 Å². The maximum absolute atomic E-state index is 13.1. The van der Waals surface area contributed by atoms with Gasteiger partial charge >= 0.3 is 0 Å². The molecule has 1 aliphatic carbocycles. The van der Waals surface area contributed by atoms with Gasteiger partial charge in [0.2, 0.25) is 0 Å². The standard InChI is InChI=1S/C23H26N2O2/c26-15-14-25(13-12-17-6-2-1-3-7-17)23(27)18-10-11-22-20(16-18)19-8-4-5-9-21(19)24-22/h1-3,6-7,10-11,16,24,26H,4-5,8-9,12-15H2. The predicted octanol–water partition coefficient (Wildman–Crippen LogP) is 3.72. The Bertz CT molecular complexity index is 930. The van der Waals surface area contributed by atoms with Gasteiger partial charge in [-0.05, 0) is 61.4 Å². The quantitative estimate of drug-likeness (QED) is 0.702. The van der Waals surface area contributed by atoms with Gasteiger partial charge in [0.1, 0.15) is 0 Å². The van der Waals surface area contributed by atoms with E-state index in [2.05, 4.69) is 17.1 Å². The SMILES string of the molecule is O=C(c1ccc2[nH]c3c(c2c1)CCCC3)N(CCO)CCc1ccccc1. The maximum Gasteiger partial charge on any atom is 0.253 e. The predicted molar refractivity (Wildman–Crippen MR) is 108 cm³/mol. The minimum absolute atomic E-state index is 0.00681. The van der Waals surface area contributed by atoms with Gasteiger partial charge in [-0.3, -0.25) is 4.79 Å². The van der Waals surface area contributed by atoms with E-state index in [0.717, 1.165) is 24.8 Å². The van der Waals surface area contributed by atoms with E-state index in [1.54, 1.807) is 4.90 Å². The molecule has 1 aliphatic rings. The highest BCUT2D eigenvalue weighted by Gasteiger charge is 2.19. The first-order valence-electron chi connectivity index (χ1n) is 9.84. The van der Waals surface area contributed by atoms with Crippen LogP contribution < -0.4 is 0 Å². The van der Waals surface area contributed by atoms with Gasteiger partial charge < -0.3 is 15.0 Å². The van der Waals surface area contributed by atoms with Gasteiger partial charge in [-0.15, -0.1) is 0 Å². The summed E-state index contributed by atoms with van der Waals surface area (Å²) in [5.74, 6) is -0.00681. The van der Waals surface area contributed by atoms with E-state index in [-0.39, 0.29) is 12.5 Å². The fourth-order valence-corrected chi connectivity index (χ4v) is 4.07. The molecule has 0 saturated carbocycles. The molecule has 2 N–H and O–H groups in total. The Balaban J connectivity index is 1.56. The monoisotopic (exact) mass is 362 g/mol. The highest BCUT2D eigenvalue weighted by molar-refractivity contribution is 5.99. The van der Waals surface area contributed by atoms with Crippen molar-refractivity contribution < 1.29 is 9.90 Å². The van der Waals surface area contributed by atoms with Crippen molar-refractivity contribution in [1.29, 1.82) is 0 Å². The Kier molecular flexibility index (Phi) is 5.26. The number of hydrogen-bond acceptors (Lipinski definition) is 2. The molecule has 140 valence electrons. The summed E-state index contributed by atoms with van der Waals surface area (Å²) in [6, 6.07) is 16.1. The van der Waals surface area contributed by atoms with Crippen LogP contribution in [0.2, 0.25) is 0 Å². The largest absolute Gasteiger partial charge is 0.395 e. The van der Waals surface area contributed by atoms with Crippen molar-refractivity contribution in [2.75, 3.05) is 19.7 Å². The molecular weight excluding hydrogens is 336 g/mol. The molecule has 0 unspecified atom stereocenters. The summed E-state index contributed by atoms with van der Waals surface area (Å²) in [6.45, 7) is 0.934. The molecule has 4 rings (SSSR count). The first-order chi connectivity index (χ1) is 13.3. The van der Waals surface area contributed by atoms with E-state index in [9.17, 15) is 9.90 Å². The number of aromatic nitrogens is 1. The molecule has 3 aromatic rings. The molecule has 0 atom stereocenters. The number of amides is 1. The maximum atomic E-state index is 13.1. The van der Waals surface area contributed by atoms with Crippen LogP contribution in [0, 0.1) is 0 Å². The zero-order valence-corrected chi connectivity index (χ0v) is 15.6. The number of aliphatic hydroxyl groups excluding tert-OH is 1. The van der Waals surface area contributed by atoms with Crippen LogP contribution in [-0.2, 0) is 19.3 Å². The molecular formula is C23H26N2O2. The van der Waals surface area contributed by atoms with Gasteiger partial charge in [0.25, 0.3) is 5.91 Å². The Morgan fingerprint density at radius 1 is 1.04 bits per heavy atom. The third-order valence-electron chi connectivity index (χ3n) is 5.52. The van der Waals surface area contributed by atoms with Crippen molar-refractivity contribution in [3.05, 3.63) is 70.9 Å². The molecule has 0 spiro atoms. The Morgan fingerprint density at radius 3 is 2.67 bits per heavy atom. The molecule has 0 saturated heterocycles. The molecule has 2 aromatic carbocycles. The summed E-state index contributed by atoms with van der Waals surface area (Å²) in [6.07, 6.45) is 5.41. The number of carbonyl (C=O) groups excluding carboxylic acids is 1. The first-order valence-corrected chi connectivity index (χ1v) is 9.84. The van der Waals surface area contributed by atoms with Gasteiger partial charge in [-0.25, -0.2) is 0 Å². The number of hydrogen-bond donors (Lipinski definition) is 2. The van der Waals surface area contributed by atoms with E-state index in [1.807, 2.05) is 36.4 Å². The highest BCUT2D eigenvalue weighted by atomic mass is 16.3. The molecule has 0 fully saturated rings. The average molecular weight is 362 g/mol. The lowest BCUT2D eigenvalue weighted by molar-refractivity contribution is 0.0724. The summed E-state index contributed by atoms with van der Waals surface area (Å²) in [4.78, 5) is 18.4. The summed E-state index contributed by atoms with van der Waals surface area (Å²) in [5, 5.41) is 10.6. The van der Waals surface area contributed by atoms with E-state index in [4.69, 9.17) is 0 Å². The van der Waals surface area contributed by atoms with Crippen LogP contribution >= 0.6 is 0 Å². The van der Waals surface area contributed by atoms with Crippen molar-refractivity contribution in [3.63, 3.8) is 0 Å². The van der Waals surface area contributed by atoms with Crippen molar-refractivity contribution in [1.82, 2.24) is 9.88 Å². The smallest absolute Gasteiger partial charge is 0.253 e. The van der Waals surface area contributed by atoms with Crippen molar-refractivity contribution >= 4 is 16.8 Å².